The summed E-state index contributed by atoms with van der Waals surface area (Å²) in [7, 11) is 0. The lowest BCUT2D eigenvalue weighted by Crippen LogP contribution is -2.42. The lowest BCUT2D eigenvalue weighted by molar-refractivity contribution is 0.185. The van der Waals surface area contributed by atoms with Gasteiger partial charge in [-0.25, -0.2) is 0 Å². The number of rotatable bonds is 2. The molecular weight excluding hydrogens is 202 g/mol. The highest BCUT2D eigenvalue weighted by Crippen LogP contribution is 2.38. The third-order valence-electron chi connectivity index (χ3n) is 3.84. The Bertz CT molecular complexity index is 351. The molecule has 1 heterocycles. The zero-order valence-electron chi connectivity index (χ0n) is 10.4. The number of aryl methyl sites for hydroxylation is 1. The average molecular weight is 223 g/mol. The van der Waals surface area contributed by atoms with Crippen LogP contribution in [0.5, 0.6) is 0 Å². The van der Waals surface area contributed by atoms with Crippen LogP contribution in [0.25, 0.3) is 0 Å². The van der Waals surface area contributed by atoms with Crippen LogP contribution < -0.4 is 5.73 Å². The molecule has 2 rings (SSSR count). The van der Waals surface area contributed by atoms with Crippen LogP contribution in [0.4, 0.5) is 0 Å². The standard InChI is InChI=1S/C12H21N3O/c1-8(2)10-4-6-12(13,7-5-10)11-14-9(3)16-15-11/h8,10H,4-7,13H2,1-3H3. The molecule has 16 heavy (non-hydrogen) atoms. The van der Waals surface area contributed by atoms with E-state index in [1.807, 2.05) is 0 Å². The Hall–Kier alpha value is -0.900. The van der Waals surface area contributed by atoms with E-state index in [1.165, 1.54) is 12.8 Å². The second-order valence-corrected chi connectivity index (χ2v) is 5.37. The van der Waals surface area contributed by atoms with Gasteiger partial charge in [0, 0.05) is 6.92 Å². The summed E-state index contributed by atoms with van der Waals surface area (Å²) in [4.78, 5) is 4.27. The first-order valence-electron chi connectivity index (χ1n) is 6.11. The van der Waals surface area contributed by atoms with Crippen molar-refractivity contribution in [3.05, 3.63) is 11.7 Å². The Morgan fingerprint density at radius 3 is 2.44 bits per heavy atom. The number of nitrogens with zero attached hydrogens (tertiary/aromatic N) is 2. The van der Waals surface area contributed by atoms with Crippen molar-refractivity contribution in [3.63, 3.8) is 0 Å². The number of hydrogen-bond donors (Lipinski definition) is 1. The minimum absolute atomic E-state index is 0.358. The van der Waals surface area contributed by atoms with Crippen molar-refractivity contribution in [2.45, 2.75) is 52.0 Å². The summed E-state index contributed by atoms with van der Waals surface area (Å²) in [5.41, 5.74) is 6.01. The first kappa shape index (κ1) is 11.6. The van der Waals surface area contributed by atoms with Crippen molar-refractivity contribution in [1.82, 2.24) is 10.1 Å². The molecule has 1 aliphatic rings. The van der Waals surface area contributed by atoms with E-state index >= 15 is 0 Å². The maximum atomic E-state index is 6.37. The molecule has 0 spiro atoms. The largest absolute Gasteiger partial charge is 0.340 e. The molecule has 4 nitrogen and oxygen atoms in total. The van der Waals surface area contributed by atoms with Gasteiger partial charge >= 0.3 is 0 Å². The Morgan fingerprint density at radius 1 is 1.38 bits per heavy atom. The van der Waals surface area contributed by atoms with Crippen LogP contribution in [0.15, 0.2) is 4.52 Å². The lowest BCUT2D eigenvalue weighted by Gasteiger charge is -2.36. The van der Waals surface area contributed by atoms with Crippen LogP contribution in [-0.4, -0.2) is 10.1 Å². The second-order valence-electron chi connectivity index (χ2n) is 5.37. The summed E-state index contributed by atoms with van der Waals surface area (Å²) in [6.07, 6.45) is 4.27. The highest BCUT2D eigenvalue weighted by atomic mass is 16.5. The molecule has 0 aliphatic heterocycles. The predicted molar refractivity (Wildman–Crippen MR) is 61.7 cm³/mol. The third kappa shape index (κ3) is 2.12. The topological polar surface area (TPSA) is 64.9 Å². The van der Waals surface area contributed by atoms with E-state index in [-0.39, 0.29) is 5.54 Å². The Morgan fingerprint density at radius 2 is 2.00 bits per heavy atom. The molecule has 0 unspecified atom stereocenters. The summed E-state index contributed by atoms with van der Waals surface area (Å²) >= 11 is 0. The zero-order chi connectivity index (χ0) is 11.8. The van der Waals surface area contributed by atoms with Crippen LogP contribution in [0.1, 0.15) is 51.2 Å². The van der Waals surface area contributed by atoms with Gasteiger partial charge in [0.05, 0.1) is 5.54 Å². The average Bonchev–Trinajstić information content (AvgIpc) is 2.66. The quantitative estimate of drug-likeness (QED) is 0.836. The van der Waals surface area contributed by atoms with Crippen molar-refractivity contribution in [2.24, 2.45) is 17.6 Å². The first-order chi connectivity index (χ1) is 7.51. The Balaban J connectivity index is 2.06. The molecule has 1 fully saturated rings. The van der Waals surface area contributed by atoms with E-state index < -0.39 is 0 Å². The van der Waals surface area contributed by atoms with Gasteiger partial charge in [-0.3, -0.25) is 0 Å². The van der Waals surface area contributed by atoms with Crippen LogP contribution in [-0.2, 0) is 5.54 Å². The Labute approximate surface area is 96.6 Å². The maximum Gasteiger partial charge on any atom is 0.223 e. The van der Waals surface area contributed by atoms with E-state index in [0.717, 1.165) is 24.7 Å². The van der Waals surface area contributed by atoms with Crippen LogP contribution in [0, 0.1) is 18.8 Å². The maximum absolute atomic E-state index is 6.37. The van der Waals surface area contributed by atoms with Gasteiger partial charge in [0.15, 0.2) is 5.82 Å². The normalized spacial score (nSPS) is 30.9. The minimum atomic E-state index is -0.358. The summed E-state index contributed by atoms with van der Waals surface area (Å²) in [5, 5.41) is 3.97. The molecule has 0 saturated heterocycles. The molecule has 1 aliphatic carbocycles. The SMILES string of the molecule is Cc1nc(C2(N)CCC(C(C)C)CC2)no1. The molecule has 0 radical (unpaired) electrons. The molecule has 4 heteroatoms. The number of nitrogens with two attached hydrogens (primary N) is 1. The van der Waals surface area contributed by atoms with Gasteiger partial charge < -0.3 is 10.3 Å². The molecule has 1 aromatic rings. The van der Waals surface area contributed by atoms with Crippen molar-refractivity contribution in [3.8, 4) is 0 Å². The van der Waals surface area contributed by atoms with Crippen LogP contribution >= 0.6 is 0 Å². The van der Waals surface area contributed by atoms with E-state index in [4.69, 9.17) is 10.3 Å². The molecule has 1 aromatic heterocycles. The summed E-state index contributed by atoms with van der Waals surface area (Å²) in [5.74, 6) is 2.83. The van der Waals surface area contributed by atoms with Crippen molar-refractivity contribution in [2.75, 3.05) is 0 Å². The molecule has 0 atom stereocenters. The molecule has 1 saturated carbocycles. The van der Waals surface area contributed by atoms with Gasteiger partial charge in [-0.05, 0) is 37.5 Å². The van der Waals surface area contributed by atoms with E-state index in [1.54, 1.807) is 6.92 Å². The van der Waals surface area contributed by atoms with E-state index in [9.17, 15) is 0 Å². The number of hydrogen-bond acceptors (Lipinski definition) is 4. The van der Waals surface area contributed by atoms with Crippen molar-refractivity contribution < 1.29 is 4.52 Å². The highest BCUT2D eigenvalue weighted by Gasteiger charge is 2.37. The third-order valence-corrected chi connectivity index (χ3v) is 3.84. The Kier molecular flexibility index (Phi) is 3.02. The monoisotopic (exact) mass is 223 g/mol. The van der Waals surface area contributed by atoms with Gasteiger partial charge in [-0.2, -0.15) is 4.98 Å². The fraction of sp³-hybridized carbons (Fsp3) is 0.833. The first-order valence-corrected chi connectivity index (χ1v) is 6.11. The molecule has 2 N–H and O–H groups in total. The smallest absolute Gasteiger partial charge is 0.223 e. The van der Waals surface area contributed by atoms with Gasteiger partial charge in [-0.1, -0.05) is 19.0 Å². The summed E-state index contributed by atoms with van der Waals surface area (Å²) in [6, 6.07) is 0. The highest BCUT2D eigenvalue weighted by molar-refractivity contribution is 5.05. The minimum Gasteiger partial charge on any atom is -0.340 e. The second kappa shape index (κ2) is 4.17. The molecular formula is C12H21N3O. The summed E-state index contributed by atoms with van der Waals surface area (Å²) < 4.78 is 5.02. The fourth-order valence-electron chi connectivity index (χ4n) is 2.55. The summed E-state index contributed by atoms with van der Waals surface area (Å²) in [6.45, 7) is 6.37. The van der Waals surface area contributed by atoms with E-state index in [2.05, 4.69) is 24.0 Å². The van der Waals surface area contributed by atoms with E-state index in [0.29, 0.717) is 11.7 Å². The van der Waals surface area contributed by atoms with Crippen molar-refractivity contribution in [1.29, 1.82) is 0 Å². The van der Waals surface area contributed by atoms with Crippen LogP contribution in [0.2, 0.25) is 0 Å². The zero-order valence-corrected chi connectivity index (χ0v) is 10.4. The van der Waals surface area contributed by atoms with Gasteiger partial charge in [0.2, 0.25) is 5.89 Å². The molecule has 90 valence electrons. The van der Waals surface area contributed by atoms with Crippen LogP contribution in [0.3, 0.4) is 0 Å². The lowest BCUT2D eigenvalue weighted by atomic mass is 9.73. The molecule has 0 bridgehead atoms. The molecule has 0 aromatic carbocycles. The van der Waals surface area contributed by atoms with Gasteiger partial charge in [0.1, 0.15) is 0 Å². The molecule has 0 amide bonds. The number of aromatic nitrogens is 2. The predicted octanol–water partition coefficient (Wildman–Crippen LogP) is 2.38. The van der Waals surface area contributed by atoms with Crippen molar-refractivity contribution >= 4 is 0 Å². The fourth-order valence-corrected chi connectivity index (χ4v) is 2.55. The van der Waals surface area contributed by atoms with Gasteiger partial charge in [0.25, 0.3) is 0 Å². The van der Waals surface area contributed by atoms with Gasteiger partial charge in [-0.15, -0.1) is 0 Å².